The standard InChI is InChI=1S/C16H21BrN6O/c1-16(2,3)14(24)22-15-20-12-11(8-10(17)9-19-12)13(21-15)23-6-4-18-5-7-23/h8-9,18H,4-7H2,1-3H3,(H,19,20,21,22,24). The molecule has 0 unspecified atom stereocenters. The number of halogens is 1. The van der Waals surface area contributed by atoms with E-state index in [2.05, 4.69) is 46.4 Å². The van der Waals surface area contributed by atoms with Crippen molar-refractivity contribution in [2.75, 3.05) is 36.4 Å². The maximum Gasteiger partial charge on any atom is 0.233 e. The second-order valence-electron chi connectivity index (χ2n) is 6.84. The molecular weight excluding hydrogens is 372 g/mol. The summed E-state index contributed by atoms with van der Waals surface area (Å²) in [5, 5.41) is 7.02. The molecular formula is C16H21BrN6O. The number of nitrogens with zero attached hydrogens (tertiary/aromatic N) is 4. The Morgan fingerprint density at radius 1 is 1.29 bits per heavy atom. The summed E-state index contributed by atoms with van der Waals surface area (Å²) >= 11 is 3.46. The monoisotopic (exact) mass is 392 g/mol. The minimum Gasteiger partial charge on any atom is -0.353 e. The van der Waals surface area contributed by atoms with Gasteiger partial charge in [-0.15, -0.1) is 0 Å². The van der Waals surface area contributed by atoms with Gasteiger partial charge in [0.2, 0.25) is 11.9 Å². The summed E-state index contributed by atoms with van der Waals surface area (Å²) in [6.07, 6.45) is 1.70. The molecule has 128 valence electrons. The largest absolute Gasteiger partial charge is 0.353 e. The van der Waals surface area contributed by atoms with Gasteiger partial charge in [-0.1, -0.05) is 20.8 Å². The Hall–Kier alpha value is -1.80. The Bertz CT molecular complexity index is 767. The first-order valence-corrected chi connectivity index (χ1v) is 8.74. The molecule has 1 fully saturated rings. The van der Waals surface area contributed by atoms with Gasteiger partial charge in [0.05, 0.1) is 5.39 Å². The van der Waals surface area contributed by atoms with Gasteiger partial charge in [0, 0.05) is 42.3 Å². The molecule has 3 heterocycles. The lowest BCUT2D eigenvalue weighted by atomic mass is 9.96. The lowest BCUT2D eigenvalue weighted by Crippen LogP contribution is -2.44. The highest BCUT2D eigenvalue weighted by Crippen LogP contribution is 2.27. The zero-order chi connectivity index (χ0) is 17.3. The Balaban J connectivity index is 2.05. The van der Waals surface area contributed by atoms with Gasteiger partial charge in [-0.2, -0.15) is 9.97 Å². The number of aromatic nitrogens is 3. The number of rotatable bonds is 2. The third-order valence-corrected chi connectivity index (χ3v) is 4.25. The highest BCUT2D eigenvalue weighted by molar-refractivity contribution is 9.10. The van der Waals surface area contributed by atoms with E-state index in [1.54, 1.807) is 6.20 Å². The minimum atomic E-state index is -0.513. The topological polar surface area (TPSA) is 83.0 Å². The highest BCUT2D eigenvalue weighted by Gasteiger charge is 2.24. The molecule has 2 N–H and O–H groups in total. The molecule has 0 aliphatic carbocycles. The average Bonchev–Trinajstić information content (AvgIpc) is 2.54. The lowest BCUT2D eigenvalue weighted by Gasteiger charge is -2.29. The van der Waals surface area contributed by atoms with Crippen LogP contribution in [0.1, 0.15) is 20.8 Å². The van der Waals surface area contributed by atoms with Crippen LogP contribution in [-0.2, 0) is 4.79 Å². The summed E-state index contributed by atoms with van der Waals surface area (Å²) < 4.78 is 0.876. The maximum atomic E-state index is 12.3. The number of pyridine rings is 1. The first kappa shape index (κ1) is 17.0. The zero-order valence-electron chi connectivity index (χ0n) is 14.1. The third kappa shape index (κ3) is 3.64. The number of fused-ring (bicyclic) bond motifs is 1. The minimum absolute atomic E-state index is 0.120. The van der Waals surface area contributed by atoms with Gasteiger partial charge in [0.15, 0.2) is 5.65 Å². The molecule has 7 nitrogen and oxygen atoms in total. The van der Waals surface area contributed by atoms with Crippen LogP contribution < -0.4 is 15.5 Å². The van der Waals surface area contributed by atoms with E-state index in [9.17, 15) is 4.79 Å². The summed E-state index contributed by atoms with van der Waals surface area (Å²) in [4.78, 5) is 27.9. The quantitative estimate of drug-likeness (QED) is 0.814. The van der Waals surface area contributed by atoms with Crippen molar-refractivity contribution in [1.29, 1.82) is 0 Å². The predicted octanol–water partition coefficient (Wildman–Crippen LogP) is 2.18. The number of carbonyl (C=O) groups is 1. The molecule has 0 atom stereocenters. The fraction of sp³-hybridized carbons (Fsp3) is 0.500. The molecule has 3 rings (SSSR count). The van der Waals surface area contributed by atoms with Crippen molar-refractivity contribution < 1.29 is 4.79 Å². The van der Waals surface area contributed by atoms with Gasteiger partial charge in [-0.05, 0) is 22.0 Å². The van der Waals surface area contributed by atoms with Crippen LogP contribution in [0, 0.1) is 5.41 Å². The third-order valence-electron chi connectivity index (χ3n) is 3.82. The molecule has 24 heavy (non-hydrogen) atoms. The van der Waals surface area contributed by atoms with Crippen LogP contribution >= 0.6 is 15.9 Å². The number of anilines is 2. The lowest BCUT2D eigenvalue weighted by molar-refractivity contribution is -0.123. The number of hydrogen-bond acceptors (Lipinski definition) is 6. The van der Waals surface area contributed by atoms with Crippen molar-refractivity contribution in [3.05, 3.63) is 16.7 Å². The zero-order valence-corrected chi connectivity index (χ0v) is 15.6. The van der Waals surface area contributed by atoms with E-state index in [4.69, 9.17) is 0 Å². The second kappa shape index (κ2) is 6.60. The first-order valence-electron chi connectivity index (χ1n) is 7.95. The average molecular weight is 393 g/mol. The van der Waals surface area contributed by atoms with E-state index in [1.807, 2.05) is 26.8 Å². The van der Waals surface area contributed by atoms with Gasteiger partial charge in [0.1, 0.15) is 5.82 Å². The Labute approximate surface area is 149 Å². The Morgan fingerprint density at radius 2 is 2.00 bits per heavy atom. The molecule has 0 spiro atoms. The van der Waals surface area contributed by atoms with E-state index in [0.717, 1.165) is 41.9 Å². The van der Waals surface area contributed by atoms with Crippen molar-refractivity contribution in [2.24, 2.45) is 5.41 Å². The molecule has 0 bridgehead atoms. The Morgan fingerprint density at radius 3 is 2.67 bits per heavy atom. The summed E-state index contributed by atoms with van der Waals surface area (Å²) in [5.74, 6) is 0.982. The van der Waals surface area contributed by atoms with Gasteiger partial charge in [-0.3, -0.25) is 10.1 Å². The van der Waals surface area contributed by atoms with Crippen LogP contribution in [0.4, 0.5) is 11.8 Å². The van der Waals surface area contributed by atoms with Crippen molar-refractivity contribution in [1.82, 2.24) is 20.3 Å². The van der Waals surface area contributed by atoms with Crippen LogP contribution in [0.3, 0.4) is 0 Å². The number of amides is 1. The number of piperazine rings is 1. The van der Waals surface area contributed by atoms with E-state index in [-0.39, 0.29) is 5.91 Å². The molecule has 1 aliphatic rings. The fourth-order valence-electron chi connectivity index (χ4n) is 2.43. The predicted molar refractivity (Wildman–Crippen MR) is 98.2 cm³/mol. The smallest absolute Gasteiger partial charge is 0.233 e. The van der Waals surface area contributed by atoms with Crippen molar-refractivity contribution in [2.45, 2.75) is 20.8 Å². The van der Waals surface area contributed by atoms with Crippen molar-refractivity contribution >= 4 is 44.6 Å². The van der Waals surface area contributed by atoms with E-state index in [0.29, 0.717) is 11.6 Å². The van der Waals surface area contributed by atoms with E-state index in [1.165, 1.54) is 0 Å². The van der Waals surface area contributed by atoms with Crippen LogP contribution in [-0.4, -0.2) is 47.0 Å². The van der Waals surface area contributed by atoms with Crippen LogP contribution in [0.15, 0.2) is 16.7 Å². The Kier molecular flexibility index (Phi) is 4.69. The summed E-state index contributed by atoms with van der Waals surface area (Å²) in [7, 11) is 0. The maximum absolute atomic E-state index is 12.3. The summed E-state index contributed by atoms with van der Waals surface area (Å²) in [6, 6.07) is 1.97. The number of nitrogens with one attached hydrogen (secondary N) is 2. The molecule has 0 aromatic carbocycles. The number of carbonyl (C=O) groups excluding carboxylic acids is 1. The van der Waals surface area contributed by atoms with Crippen LogP contribution in [0.25, 0.3) is 11.0 Å². The summed E-state index contributed by atoms with van der Waals surface area (Å²) in [5.41, 5.74) is 0.0617. The molecule has 0 saturated carbocycles. The van der Waals surface area contributed by atoms with Gasteiger partial charge >= 0.3 is 0 Å². The van der Waals surface area contributed by atoms with E-state index < -0.39 is 5.41 Å². The van der Waals surface area contributed by atoms with Gasteiger partial charge in [-0.25, -0.2) is 4.98 Å². The van der Waals surface area contributed by atoms with Gasteiger partial charge < -0.3 is 10.2 Å². The first-order chi connectivity index (χ1) is 11.3. The van der Waals surface area contributed by atoms with E-state index >= 15 is 0 Å². The second-order valence-corrected chi connectivity index (χ2v) is 7.75. The van der Waals surface area contributed by atoms with Gasteiger partial charge in [0.25, 0.3) is 0 Å². The SMILES string of the molecule is CC(C)(C)C(=O)Nc1nc(N2CCNCC2)c2cc(Br)cnc2n1. The molecule has 1 saturated heterocycles. The normalized spacial score (nSPS) is 15.6. The van der Waals surface area contributed by atoms with Crippen molar-refractivity contribution in [3.63, 3.8) is 0 Å². The molecule has 2 aromatic heterocycles. The van der Waals surface area contributed by atoms with Crippen molar-refractivity contribution in [3.8, 4) is 0 Å². The molecule has 1 amide bonds. The molecule has 0 radical (unpaired) electrons. The summed E-state index contributed by atoms with van der Waals surface area (Å²) in [6.45, 7) is 9.08. The number of hydrogen-bond donors (Lipinski definition) is 2. The van der Waals surface area contributed by atoms with Crippen LogP contribution in [0.5, 0.6) is 0 Å². The molecule has 1 aliphatic heterocycles. The molecule has 8 heteroatoms. The van der Waals surface area contributed by atoms with Crippen LogP contribution in [0.2, 0.25) is 0 Å². The molecule has 2 aromatic rings. The highest BCUT2D eigenvalue weighted by atomic mass is 79.9. The fourth-order valence-corrected chi connectivity index (χ4v) is 2.77.